The Labute approximate surface area is 220 Å². The Hall–Kier alpha value is -4.04. The molecule has 1 heterocycles. The number of aliphatic hydroxyl groups excluding tert-OH is 3. The molecule has 6 atom stereocenters. The van der Waals surface area contributed by atoms with Gasteiger partial charge in [-0.2, -0.15) is 0 Å². The number of rotatable bonds is 4. The first-order valence-electron chi connectivity index (χ1n) is 11.7. The molecule has 0 saturated carbocycles. The molecule has 204 valence electrons. The fraction of sp³-hybridized carbons (Fsp3) is 0.259. The smallest absolute Gasteiger partial charge is 0.340 e. The zero-order chi connectivity index (χ0) is 28.2. The third-order valence-electron chi connectivity index (χ3n) is 6.59. The first kappa shape index (κ1) is 26.6. The minimum absolute atomic E-state index is 0.0931. The van der Waals surface area contributed by atoms with Gasteiger partial charge in [0.2, 0.25) is 17.9 Å². The highest BCUT2D eigenvalue weighted by Crippen LogP contribution is 2.49. The number of esters is 1. The zero-order valence-electron chi connectivity index (χ0n) is 20.3. The lowest BCUT2D eigenvalue weighted by molar-refractivity contribution is -0.380. The molecule has 0 spiro atoms. The molecule has 12 nitrogen and oxygen atoms in total. The SMILES string of the molecule is Cc1cc(O)c2c(c1)[C@@](O)(O[C@@H]1O[C@@H](OC(=O)c3ccccc3)[C@H](O)[C@H](O)[C@H]1O)c1cc(O)cc(O)c1C2=O. The number of benzene rings is 3. The minimum Gasteiger partial charge on any atom is -0.508 e. The quantitative estimate of drug-likeness (QED) is 0.178. The highest BCUT2D eigenvalue weighted by atomic mass is 16.8. The minimum atomic E-state index is -2.78. The normalized spacial score (nSPS) is 27.9. The summed E-state index contributed by atoms with van der Waals surface area (Å²) in [5, 5.41) is 74.6. The molecule has 1 aliphatic heterocycles. The van der Waals surface area contributed by atoms with E-state index in [0.717, 1.165) is 12.1 Å². The van der Waals surface area contributed by atoms with Crippen LogP contribution in [0.3, 0.4) is 0 Å². The van der Waals surface area contributed by atoms with Gasteiger partial charge in [0.25, 0.3) is 0 Å². The van der Waals surface area contributed by atoms with Crippen molar-refractivity contribution in [2.75, 3.05) is 0 Å². The lowest BCUT2D eigenvalue weighted by atomic mass is 9.78. The maximum absolute atomic E-state index is 13.2. The van der Waals surface area contributed by atoms with E-state index in [4.69, 9.17) is 14.2 Å². The molecule has 1 saturated heterocycles. The molecule has 7 N–H and O–H groups in total. The summed E-state index contributed by atoms with van der Waals surface area (Å²) < 4.78 is 16.4. The maximum Gasteiger partial charge on any atom is 0.340 e. The molecule has 0 amide bonds. The Morgan fingerprint density at radius 3 is 2.10 bits per heavy atom. The summed E-state index contributed by atoms with van der Waals surface area (Å²) in [5.41, 5.74) is -1.26. The van der Waals surface area contributed by atoms with Gasteiger partial charge in [0.15, 0.2) is 6.29 Å². The predicted molar refractivity (Wildman–Crippen MR) is 129 cm³/mol. The van der Waals surface area contributed by atoms with Crippen LogP contribution in [-0.2, 0) is 20.0 Å². The first-order chi connectivity index (χ1) is 18.4. The summed E-state index contributed by atoms with van der Waals surface area (Å²) in [6.45, 7) is 1.55. The third-order valence-corrected chi connectivity index (χ3v) is 6.59. The number of fused-ring (bicyclic) bond motifs is 2. The van der Waals surface area contributed by atoms with Crippen LogP contribution < -0.4 is 0 Å². The van der Waals surface area contributed by atoms with Crippen molar-refractivity contribution in [3.05, 3.63) is 88.0 Å². The van der Waals surface area contributed by atoms with Gasteiger partial charge < -0.3 is 50.0 Å². The van der Waals surface area contributed by atoms with Crippen molar-refractivity contribution in [3.8, 4) is 17.2 Å². The van der Waals surface area contributed by atoms with Gasteiger partial charge in [-0.3, -0.25) is 4.79 Å². The highest BCUT2D eigenvalue weighted by molar-refractivity contribution is 6.16. The molecule has 5 rings (SSSR count). The molecule has 39 heavy (non-hydrogen) atoms. The number of aryl methyl sites for hydroxylation is 1. The Bertz CT molecular complexity index is 1390. The summed E-state index contributed by atoms with van der Waals surface area (Å²) in [4.78, 5) is 25.8. The molecule has 0 unspecified atom stereocenters. The fourth-order valence-electron chi connectivity index (χ4n) is 4.72. The maximum atomic E-state index is 13.2. The van der Waals surface area contributed by atoms with Gasteiger partial charge in [0, 0.05) is 17.2 Å². The van der Waals surface area contributed by atoms with Crippen molar-refractivity contribution in [1.29, 1.82) is 0 Å². The number of phenols is 3. The van der Waals surface area contributed by atoms with Crippen LogP contribution in [0, 0.1) is 6.92 Å². The highest BCUT2D eigenvalue weighted by Gasteiger charge is 2.53. The second-order valence-corrected chi connectivity index (χ2v) is 9.30. The second kappa shape index (κ2) is 9.61. The van der Waals surface area contributed by atoms with E-state index in [1.807, 2.05) is 0 Å². The molecule has 3 aromatic rings. The van der Waals surface area contributed by atoms with Crippen molar-refractivity contribution in [1.82, 2.24) is 0 Å². The number of aromatic hydroxyl groups is 3. The average Bonchev–Trinajstić information content (AvgIpc) is 2.88. The number of carbonyl (C=O) groups is 2. The standard InChI is InChI=1S/C27H24O12/c1-11-7-14-18(16(29)8-11)20(31)19-15(9-13(28)10-17(19)30)27(14,36)39-26-23(34)21(32)22(33)25(38-26)37-24(35)12-5-3-2-4-6-12/h2-10,21-23,25-26,28-30,32-34,36H,1H3/t21-,22+,23+,25+,26-,27+/m0/s1. The van der Waals surface area contributed by atoms with E-state index < -0.39 is 82.4 Å². The van der Waals surface area contributed by atoms with Gasteiger partial charge in [0.1, 0.15) is 35.6 Å². The predicted octanol–water partition coefficient (Wildman–Crippen LogP) is 0.488. The van der Waals surface area contributed by atoms with Crippen LogP contribution in [0.1, 0.15) is 43.0 Å². The van der Waals surface area contributed by atoms with Crippen LogP contribution in [0.25, 0.3) is 0 Å². The fourth-order valence-corrected chi connectivity index (χ4v) is 4.72. The van der Waals surface area contributed by atoms with Gasteiger partial charge >= 0.3 is 5.97 Å². The largest absolute Gasteiger partial charge is 0.508 e. The monoisotopic (exact) mass is 540 g/mol. The van der Waals surface area contributed by atoms with E-state index in [0.29, 0.717) is 5.56 Å². The molecule has 1 aliphatic carbocycles. The number of aliphatic hydroxyl groups is 4. The molecule has 1 fully saturated rings. The van der Waals surface area contributed by atoms with Crippen LogP contribution in [0.5, 0.6) is 17.2 Å². The molecule has 0 bridgehead atoms. The van der Waals surface area contributed by atoms with Crippen molar-refractivity contribution in [3.63, 3.8) is 0 Å². The first-order valence-corrected chi connectivity index (χ1v) is 11.7. The van der Waals surface area contributed by atoms with E-state index in [9.17, 15) is 45.3 Å². The van der Waals surface area contributed by atoms with E-state index in [1.165, 1.54) is 24.3 Å². The summed E-state index contributed by atoms with van der Waals surface area (Å²) in [7, 11) is 0. The van der Waals surface area contributed by atoms with Crippen molar-refractivity contribution in [2.45, 2.75) is 43.6 Å². The number of carbonyl (C=O) groups excluding carboxylic acids is 2. The van der Waals surface area contributed by atoms with Crippen molar-refractivity contribution >= 4 is 11.8 Å². The van der Waals surface area contributed by atoms with E-state index in [2.05, 4.69) is 0 Å². The van der Waals surface area contributed by atoms with E-state index >= 15 is 0 Å². The number of phenolic OH excluding ortho intramolecular Hbond substituents is 3. The van der Waals surface area contributed by atoms with Crippen LogP contribution in [0.15, 0.2) is 54.6 Å². The molecular formula is C27H24O12. The number of hydrogen-bond donors (Lipinski definition) is 7. The molecule has 0 aromatic heterocycles. The lowest BCUT2D eigenvalue weighted by Gasteiger charge is -2.44. The second-order valence-electron chi connectivity index (χ2n) is 9.30. The number of ketones is 1. The average molecular weight is 540 g/mol. The summed E-state index contributed by atoms with van der Waals surface area (Å²) in [6, 6.07) is 12.0. The molecule has 3 aromatic carbocycles. The van der Waals surface area contributed by atoms with Gasteiger partial charge in [0.05, 0.1) is 16.7 Å². The lowest BCUT2D eigenvalue weighted by Crippen LogP contribution is -2.61. The number of hydrogen-bond acceptors (Lipinski definition) is 12. The van der Waals surface area contributed by atoms with Crippen molar-refractivity contribution < 1.29 is 59.5 Å². The van der Waals surface area contributed by atoms with Crippen molar-refractivity contribution in [2.24, 2.45) is 0 Å². The topological polar surface area (TPSA) is 203 Å². The Morgan fingerprint density at radius 2 is 1.44 bits per heavy atom. The summed E-state index contributed by atoms with van der Waals surface area (Å²) >= 11 is 0. The van der Waals surface area contributed by atoms with E-state index in [1.54, 1.807) is 25.1 Å². The van der Waals surface area contributed by atoms with Gasteiger partial charge in [-0.05, 0) is 42.8 Å². The van der Waals surface area contributed by atoms with Gasteiger partial charge in [-0.25, -0.2) is 4.79 Å². The molecular weight excluding hydrogens is 516 g/mol. The molecule has 2 aliphatic rings. The Balaban J connectivity index is 1.57. The Kier molecular flexibility index (Phi) is 6.55. The van der Waals surface area contributed by atoms with Crippen LogP contribution in [-0.4, -0.2) is 78.4 Å². The summed E-state index contributed by atoms with van der Waals surface area (Å²) in [6.07, 6.45) is -9.83. The van der Waals surface area contributed by atoms with Gasteiger partial charge in [-0.15, -0.1) is 0 Å². The molecule has 12 heteroatoms. The van der Waals surface area contributed by atoms with Gasteiger partial charge in [-0.1, -0.05) is 18.2 Å². The van der Waals surface area contributed by atoms with Crippen LogP contribution >= 0.6 is 0 Å². The zero-order valence-corrected chi connectivity index (χ0v) is 20.3. The molecule has 0 radical (unpaired) electrons. The van der Waals surface area contributed by atoms with Crippen LogP contribution in [0.4, 0.5) is 0 Å². The Morgan fingerprint density at radius 1 is 0.846 bits per heavy atom. The summed E-state index contributed by atoms with van der Waals surface area (Å²) in [5.74, 6) is -6.45. The third kappa shape index (κ3) is 4.38. The van der Waals surface area contributed by atoms with Crippen LogP contribution in [0.2, 0.25) is 0 Å². The number of ether oxygens (including phenoxy) is 3. The van der Waals surface area contributed by atoms with E-state index in [-0.39, 0.29) is 11.1 Å².